The van der Waals surface area contributed by atoms with E-state index in [-0.39, 0.29) is 22.2 Å². The Morgan fingerprint density at radius 1 is 1.03 bits per heavy atom. The third-order valence-electron chi connectivity index (χ3n) is 4.28. The lowest BCUT2D eigenvalue weighted by Gasteiger charge is -2.13. The van der Waals surface area contributed by atoms with E-state index in [9.17, 15) is 22.4 Å². The fraction of sp³-hybridized carbons (Fsp3) is 0.0952. The van der Waals surface area contributed by atoms with Crippen LogP contribution in [0.5, 0.6) is 5.75 Å². The summed E-state index contributed by atoms with van der Waals surface area (Å²) in [6, 6.07) is 12.0. The number of aryl methyl sites for hydroxylation is 1. The molecule has 5 nitrogen and oxygen atoms in total. The molecule has 152 valence electrons. The predicted molar refractivity (Wildman–Crippen MR) is 102 cm³/mol. The van der Waals surface area contributed by atoms with Crippen molar-refractivity contribution < 1.29 is 22.3 Å². The summed E-state index contributed by atoms with van der Waals surface area (Å²) in [5, 5.41) is 4.55. The number of alkyl halides is 3. The Bertz CT molecular complexity index is 1300. The molecule has 0 atom stereocenters. The molecule has 0 radical (unpaired) electrons. The SMILES string of the molecule is Cc1cnc2c(-c3cccc(OC(F)(F)F)c3)nn(-c3ccc(F)cc3)c(=O)c2c1. The molecule has 9 heteroatoms. The van der Waals surface area contributed by atoms with E-state index in [1.807, 2.05) is 0 Å². The summed E-state index contributed by atoms with van der Waals surface area (Å²) in [5.41, 5.74) is 1.22. The summed E-state index contributed by atoms with van der Waals surface area (Å²) < 4.78 is 56.2. The van der Waals surface area contributed by atoms with Gasteiger partial charge < -0.3 is 4.74 Å². The lowest BCUT2D eigenvalue weighted by atomic mass is 10.1. The van der Waals surface area contributed by atoms with Gasteiger partial charge in [0, 0.05) is 11.8 Å². The van der Waals surface area contributed by atoms with Gasteiger partial charge in [-0.3, -0.25) is 9.78 Å². The standard InChI is InChI=1S/C21H13F4N3O2/c1-12-9-17-19(26-11-12)18(13-3-2-4-16(10-13)30-21(23,24)25)27-28(20(17)29)15-7-5-14(22)6-8-15/h2-11H,1H3. The van der Waals surface area contributed by atoms with Gasteiger partial charge in [0.2, 0.25) is 0 Å². The minimum atomic E-state index is -4.85. The third kappa shape index (κ3) is 3.86. The zero-order valence-electron chi connectivity index (χ0n) is 15.4. The Balaban J connectivity index is 1.98. The molecule has 0 unspecified atom stereocenters. The highest BCUT2D eigenvalue weighted by molar-refractivity contribution is 5.91. The molecule has 2 aromatic heterocycles. The van der Waals surface area contributed by atoms with Crippen molar-refractivity contribution in [1.29, 1.82) is 0 Å². The van der Waals surface area contributed by atoms with E-state index in [1.165, 1.54) is 42.6 Å². The third-order valence-corrected chi connectivity index (χ3v) is 4.28. The number of aromatic nitrogens is 3. The lowest BCUT2D eigenvalue weighted by molar-refractivity contribution is -0.274. The Morgan fingerprint density at radius 2 is 1.77 bits per heavy atom. The van der Waals surface area contributed by atoms with Crippen molar-refractivity contribution in [2.45, 2.75) is 13.3 Å². The second-order valence-electron chi connectivity index (χ2n) is 6.53. The fourth-order valence-electron chi connectivity index (χ4n) is 3.02. The summed E-state index contributed by atoms with van der Waals surface area (Å²) in [7, 11) is 0. The average Bonchev–Trinajstić information content (AvgIpc) is 2.68. The topological polar surface area (TPSA) is 57.0 Å². The highest BCUT2D eigenvalue weighted by Gasteiger charge is 2.31. The van der Waals surface area contributed by atoms with Crippen LogP contribution in [0.4, 0.5) is 17.6 Å². The van der Waals surface area contributed by atoms with E-state index in [4.69, 9.17) is 0 Å². The molecule has 0 bridgehead atoms. The van der Waals surface area contributed by atoms with Crippen LogP contribution in [0, 0.1) is 12.7 Å². The number of hydrogen-bond donors (Lipinski definition) is 0. The zero-order valence-corrected chi connectivity index (χ0v) is 15.4. The maximum absolute atomic E-state index is 13.3. The second-order valence-corrected chi connectivity index (χ2v) is 6.53. The first kappa shape index (κ1) is 19.6. The van der Waals surface area contributed by atoms with E-state index in [2.05, 4.69) is 14.8 Å². The Labute approximate surface area is 167 Å². The molecule has 0 aliphatic heterocycles. The van der Waals surface area contributed by atoms with Gasteiger partial charge in [0.15, 0.2) is 0 Å². The summed E-state index contributed by atoms with van der Waals surface area (Å²) >= 11 is 0. The van der Waals surface area contributed by atoms with Gasteiger partial charge in [0.05, 0.1) is 11.1 Å². The number of ether oxygens (including phenoxy) is 1. The van der Waals surface area contributed by atoms with Crippen LogP contribution in [0.1, 0.15) is 5.56 Å². The van der Waals surface area contributed by atoms with Crippen LogP contribution in [0.3, 0.4) is 0 Å². The maximum Gasteiger partial charge on any atom is 0.573 e. The molecule has 30 heavy (non-hydrogen) atoms. The van der Waals surface area contributed by atoms with Crippen molar-refractivity contribution in [1.82, 2.24) is 14.8 Å². The molecule has 0 fully saturated rings. The van der Waals surface area contributed by atoms with Gasteiger partial charge in [0.25, 0.3) is 5.56 Å². The highest BCUT2D eigenvalue weighted by atomic mass is 19.4. The molecular weight excluding hydrogens is 402 g/mol. The molecule has 0 aliphatic carbocycles. The lowest BCUT2D eigenvalue weighted by Crippen LogP contribution is -2.22. The van der Waals surface area contributed by atoms with Gasteiger partial charge in [-0.05, 0) is 55.0 Å². The quantitative estimate of drug-likeness (QED) is 0.452. The Hall–Kier alpha value is -3.75. The van der Waals surface area contributed by atoms with Crippen LogP contribution in [-0.2, 0) is 0 Å². The minimum absolute atomic E-state index is 0.182. The average molecular weight is 415 g/mol. The van der Waals surface area contributed by atoms with Crippen molar-refractivity contribution in [2.75, 3.05) is 0 Å². The van der Waals surface area contributed by atoms with E-state index in [1.54, 1.807) is 13.0 Å². The molecule has 4 rings (SSSR count). The largest absolute Gasteiger partial charge is 0.573 e. The number of halogens is 4. The molecule has 4 aromatic rings. The summed E-state index contributed by atoms with van der Waals surface area (Å²) in [4.78, 5) is 17.3. The van der Waals surface area contributed by atoms with Crippen molar-refractivity contribution in [3.8, 4) is 22.7 Å². The summed E-state index contributed by atoms with van der Waals surface area (Å²) in [6.07, 6.45) is -3.32. The molecule has 0 N–H and O–H groups in total. The molecule has 0 amide bonds. The van der Waals surface area contributed by atoms with Gasteiger partial charge in [-0.15, -0.1) is 13.2 Å². The minimum Gasteiger partial charge on any atom is -0.406 e. The molecule has 0 saturated carbocycles. The van der Waals surface area contributed by atoms with Gasteiger partial charge >= 0.3 is 6.36 Å². The van der Waals surface area contributed by atoms with Crippen LogP contribution >= 0.6 is 0 Å². The Kier molecular flexibility index (Phi) is 4.73. The number of nitrogens with zero attached hydrogens (tertiary/aromatic N) is 3. The normalized spacial score (nSPS) is 11.6. The second kappa shape index (κ2) is 7.25. The molecule has 2 heterocycles. The van der Waals surface area contributed by atoms with Crippen LogP contribution in [0.2, 0.25) is 0 Å². The number of rotatable bonds is 3. The van der Waals surface area contributed by atoms with Gasteiger partial charge in [-0.2, -0.15) is 9.78 Å². The Morgan fingerprint density at radius 3 is 2.47 bits per heavy atom. The maximum atomic E-state index is 13.3. The molecule has 0 aliphatic rings. The van der Waals surface area contributed by atoms with Crippen molar-refractivity contribution in [3.63, 3.8) is 0 Å². The van der Waals surface area contributed by atoms with Crippen molar-refractivity contribution >= 4 is 10.9 Å². The van der Waals surface area contributed by atoms with Crippen LogP contribution < -0.4 is 10.3 Å². The zero-order chi connectivity index (χ0) is 21.5. The summed E-state index contributed by atoms with van der Waals surface area (Å²) in [5.74, 6) is -0.913. The predicted octanol–water partition coefficient (Wildman–Crippen LogP) is 4.79. The van der Waals surface area contributed by atoms with E-state index >= 15 is 0 Å². The van der Waals surface area contributed by atoms with E-state index < -0.39 is 23.5 Å². The first-order chi connectivity index (χ1) is 14.2. The fourth-order valence-corrected chi connectivity index (χ4v) is 3.02. The van der Waals surface area contributed by atoms with Gasteiger partial charge in [-0.25, -0.2) is 4.39 Å². The monoisotopic (exact) mass is 415 g/mol. The van der Waals surface area contributed by atoms with Crippen molar-refractivity contribution in [3.05, 3.63) is 82.5 Å². The van der Waals surface area contributed by atoms with Crippen LogP contribution in [0.25, 0.3) is 27.8 Å². The molecule has 0 spiro atoms. The van der Waals surface area contributed by atoms with Gasteiger partial charge in [0.1, 0.15) is 22.8 Å². The number of pyridine rings is 1. The van der Waals surface area contributed by atoms with Crippen LogP contribution in [0.15, 0.2) is 65.6 Å². The van der Waals surface area contributed by atoms with E-state index in [0.29, 0.717) is 5.69 Å². The molecular formula is C21H13F4N3O2. The van der Waals surface area contributed by atoms with Gasteiger partial charge in [-0.1, -0.05) is 12.1 Å². The van der Waals surface area contributed by atoms with Crippen LogP contribution in [-0.4, -0.2) is 21.1 Å². The first-order valence-electron chi connectivity index (χ1n) is 8.73. The number of fused-ring (bicyclic) bond motifs is 1. The number of hydrogen-bond acceptors (Lipinski definition) is 4. The first-order valence-corrected chi connectivity index (χ1v) is 8.73. The summed E-state index contributed by atoms with van der Waals surface area (Å²) in [6.45, 7) is 1.76. The van der Waals surface area contributed by atoms with Crippen molar-refractivity contribution in [2.24, 2.45) is 0 Å². The smallest absolute Gasteiger partial charge is 0.406 e. The number of benzene rings is 2. The van der Waals surface area contributed by atoms with E-state index in [0.717, 1.165) is 22.4 Å². The molecule has 0 saturated heterocycles. The molecule has 2 aromatic carbocycles. The highest BCUT2D eigenvalue weighted by Crippen LogP contribution is 2.30.